The summed E-state index contributed by atoms with van der Waals surface area (Å²) in [7, 11) is 0. The van der Waals surface area contributed by atoms with E-state index in [4.69, 9.17) is 0 Å². The number of rotatable bonds is 4. The van der Waals surface area contributed by atoms with E-state index in [-0.39, 0.29) is 0 Å². The van der Waals surface area contributed by atoms with Gasteiger partial charge in [-0.15, -0.1) is 6.58 Å². The lowest BCUT2D eigenvalue weighted by Crippen LogP contribution is -2.25. The molecular formula is C19H32. The summed E-state index contributed by atoms with van der Waals surface area (Å²) in [6.07, 6.45) is 17.3. The van der Waals surface area contributed by atoms with Gasteiger partial charge in [-0.2, -0.15) is 0 Å². The van der Waals surface area contributed by atoms with E-state index < -0.39 is 0 Å². The topological polar surface area (TPSA) is 0 Å². The molecule has 0 N–H and O–H groups in total. The Kier molecular flexibility index (Phi) is 4.34. The fourth-order valence-electron chi connectivity index (χ4n) is 4.90. The zero-order valence-corrected chi connectivity index (χ0v) is 12.8. The van der Waals surface area contributed by atoms with Crippen molar-refractivity contribution in [3.63, 3.8) is 0 Å². The van der Waals surface area contributed by atoms with Crippen LogP contribution >= 0.6 is 0 Å². The third-order valence-corrected chi connectivity index (χ3v) is 6.62. The maximum Gasteiger partial charge on any atom is -0.0236 e. The van der Waals surface area contributed by atoms with E-state index in [0.717, 1.165) is 35.5 Å². The Morgan fingerprint density at radius 1 is 0.895 bits per heavy atom. The van der Waals surface area contributed by atoms with Crippen molar-refractivity contribution in [1.82, 2.24) is 0 Å². The summed E-state index contributed by atoms with van der Waals surface area (Å²) < 4.78 is 0. The average molecular weight is 260 g/mol. The molecule has 108 valence electrons. The summed E-state index contributed by atoms with van der Waals surface area (Å²) in [4.78, 5) is 0. The molecule has 0 aromatic heterocycles. The van der Waals surface area contributed by atoms with Gasteiger partial charge in [-0.25, -0.2) is 0 Å². The van der Waals surface area contributed by atoms with Gasteiger partial charge in [-0.1, -0.05) is 25.8 Å². The molecule has 19 heavy (non-hydrogen) atoms. The van der Waals surface area contributed by atoms with Gasteiger partial charge in [-0.3, -0.25) is 0 Å². The second-order valence-electron chi connectivity index (χ2n) is 7.90. The van der Waals surface area contributed by atoms with Crippen molar-refractivity contribution in [2.24, 2.45) is 35.5 Å². The van der Waals surface area contributed by atoms with Gasteiger partial charge < -0.3 is 0 Å². The fraction of sp³-hybridized carbons (Fsp3) is 0.895. The van der Waals surface area contributed by atoms with Crippen LogP contribution in [-0.2, 0) is 0 Å². The van der Waals surface area contributed by atoms with Gasteiger partial charge in [0.1, 0.15) is 0 Å². The van der Waals surface area contributed by atoms with E-state index >= 15 is 0 Å². The first-order chi connectivity index (χ1) is 9.26. The lowest BCUT2D eigenvalue weighted by molar-refractivity contribution is 0.150. The van der Waals surface area contributed by atoms with Crippen LogP contribution in [0.25, 0.3) is 0 Å². The van der Waals surface area contributed by atoms with Crippen molar-refractivity contribution < 1.29 is 0 Å². The molecule has 3 aliphatic rings. The molecule has 0 nitrogen and oxygen atoms in total. The highest BCUT2D eigenvalue weighted by Crippen LogP contribution is 2.47. The number of hydrogen-bond acceptors (Lipinski definition) is 0. The van der Waals surface area contributed by atoms with E-state index in [0.29, 0.717) is 0 Å². The van der Waals surface area contributed by atoms with Crippen LogP contribution in [0.2, 0.25) is 0 Å². The fourth-order valence-corrected chi connectivity index (χ4v) is 4.90. The third-order valence-electron chi connectivity index (χ3n) is 6.62. The molecule has 0 heteroatoms. The van der Waals surface area contributed by atoms with Gasteiger partial charge in [0, 0.05) is 0 Å². The Bertz CT molecular complexity index is 289. The van der Waals surface area contributed by atoms with E-state index in [2.05, 4.69) is 19.6 Å². The molecule has 3 aliphatic carbocycles. The minimum Gasteiger partial charge on any atom is -0.103 e. The highest BCUT2D eigenvalue weighted by atomic mass is 14.4. The Labute approximate surface area is 120 Å². The highest BCUT2D eigenvalue weighted by molar-refractivity contribution is 4.89. The van der Waals surface area contributed by atoms with Crippen molar-refractivity contribution >= 4 is 0 Å². The molecule has 0 amide bonds. The molecule has 2 unspecified atom stereocenters. The third kappa shape index (κ3) is 3.44. The smallest absolute Gasteiger partial charge is 0.0236 e. The Balaban J connectivity index is 1.39. The molecular weight excluding hydrogens is 228 g/mol. The van der Waals surface area contributed by atoms with Crippen LogP contribution in [0.15, 0.2) is 12.7 Å². The van der Waals surface area contributed by atoms with Gasteiger partial charge in [0.05, 0.1) is 0 Å². The van der Waals surface area contributed by atoms with Gasteiger partial charge in [-0.05, 0) is 86.9 Å². The average Bonchev–Trinajstić information content (AvgIpc) is 3.15. The molecule has 3 rings (SSSR count). The maximum atomic E-state index is 3.97. The normalized spacial score (nSPS) is 46.8. The SMILES string of the molecule is C=CC1CCC(C2CCC(CC3CC3C)CC2)CC1. The summed E-state index contributed by atoms with van der Waals surface area (Å²) in [5.74, 6) is 6.26. The van der Waals surface area contributed by atoms with Crippen molar-refractivity contribution in [2.75, 3.05) is 0 Å². The van der Waals surface area contributed by atoms with Gasteiger partial charge in [0.15, 0.2) is 0 Å². The predicted molar refractivity (Wildman–Crippen MR) is 83.0 cm³/mol. The summed E-state index contributed by atoms with van der Waals surface area (Å²) in [6.45, 7) is 6.41. The quantitative estimate of drug-likeness (QED) is 0.558. The van der Waals surface area contributed by atoms with Crippen LogP contribution in [0.5, 0.6) is 0 Å². The largest absolute Gasteiger partial charge is 0.103 e. The molecule has 0 aromatic carbocycles. The summed E-state index contributed by atoms with van der Waals surface area (Å²) >= 11 is 0. The molecule has 0 spiro atoms. The van der Waals surface area contributed by atoms with Crippen molar-refractivity contribution in [3.05, 3.63) is 12.7 Å². The minimum atomic E-state index is 0.837. The van der Waals surface area contributed by atoms with Crippen LogP contribution in [0.4, 0.5) is 0 Å². The first-order valence-electron chi connectivity index (χ1n) is 8.88. The first kappa shape index (κ1) is 13.7. The van der Waals surface area contributed by atoms with Crippen LogP contribution in [-0.4, -0.2) is 0 Å². The predicted octanol–water partition coefficient (Wildman–Crippen LogP) is 5.83. The zero-order valence-electron chi connectivity index (χ0n) is 12.8. The molecule has 0 heterocycles. The van der Waals surface area contributed by atoms with Gasteiger partial charge in [0.25, 0.3) is 0 Å². The highest BCUT2D eigenvalue weighted by Gasteiger charge is 2.36. The Morgan fingerprint density at radius 2 is 1.42 bits per heavy atom. The lowest BCUT2D eigenvalue weighted by Gasteiger charge is -2.37. The van der Waals surface area contributed by atoms with E-state index in [1.165, 1.54) is 32.1 Å². The molecule has 0 bridgehead atoms. The van der Waals surface area contributed by atoms with Crippen LogP contribution in [0.1, 0.15) is 71.1 Å². The van der Waals surface area contributed by atoms with E-state index in [9.17, 15) is 0 Å². The standard InChI is InChI=1S/C19H32/c1-3-15-4-8-17(9-5-15)18-10-6-16(7-11-18)13-19-12-14(19)2/h3,14-19H,1,4-13H2,2H3. The molecule has 2 atom stereocenters. The lowest BCUT2D eigenvalue weighted by atomic mass is 9.68. The summed E-state index contributed by atoms with van der Waals surface area (Å²) in [6, 6.07) is 0. The Morgan fingerprint density at radius 3 is 1.89 bits per heavy atom. The first-order valence-corrected chi connectivity index (χ1v) is 8.88. The molecule has 3 fully saturated rings. The number of hydrogen-bond donors (Lipinski definition) is 0. The van der Waals surface area contributed by atoms with Gasteiger partial charge >= 0.3 is 0 Å². The molecule has 0 aromatic rings. The summed E-state index contributed by atoms with van der Waals surface area (Å²) in [5.41, 5.74) is 0. The molecule has 0 saturated heterocycles. The molecule has 0 aliphatic heterocycles. The maximum absolute atomic E-state index is 3.97. The number of allylic oxidation sites excluding steroid dienone is 1. The van der Waals surface area contributed by atoms with Crippen molar-refractivity contribution in [3.8, 4) is 0 Å². The second-order valence-corrected chi connectivity index (χ2v) is 7.90. The van der Waals surface area contributed by atoms with Crippen molar-refractivity contribution in [1.29, 1.82) is 0 Å². The summed E-state index contributed by atoms with van der Waals surface area (Å²) in [5, 5.41) is 0. The van der Waals surface area contributed by atoms with E-state index in [1.54, 1.807) is 32.1 Å². The zero-order chi connectivity index (χ0) is 13.2. The monoisotopic (exact) mass is 260 g/mol. The van der Waals surface area contributed by atoms with Crippen molar-refractivity contribution in [2.45, 2.75) is 71.1 Å². The van der Waals surface area contributed by atoms with Crippen LogP contribution in [0, 0.1) is 35.5 Å². The van der Waals surface area contributed by atoms with E-state index in [1.807, 2.05) is 0 Å². The van der Waals surface area contributed by atoms with Gasteiger partial charge in [0.2, 0.25) is 0 Å². The molecule has 0 radical (unpaired) electrons. The Hall–Kier alpha value is -0.260. The minimum absolute atomic E-state index is 0.837. The van der Waals surface area contributed by atoms with Crippen LogP contribution in [0.3, 0.4) is 0 Å². The second kappa shape index (κ2) is 6.02. The molecule has 3 saturated carbocycles. The van der Waals surface area contributed by atoms with Crippen LogP contribution < -0.4 is 0 Å².